The standard InChI is InChI=1S/C9H13N3O2.Na/c13-9(14)8-3-5-11-12(8)7-2-1-4-10-6-7;/h3,5,7,10H,1-2,4,6H2,(H,13,14);/q;+1/p-1. The van der Waals surface area contributed by atoms with Crippen LogP contribution in [-0.2, 0) is 0 Å². The summed E-state index contributed by atoms with van der Waals surface area (Å²) >= 11 is 0. The van der Waals surface area contributed by atoms with E-state index in [1.165, 1.54) is 12.3 Å². The molecule has 1 fully saturated rings. The van der Waals surface area contributed by atoms with Gasteiger partial charge in [0.1, 0.15) is 0 Å². The maximum absolute atomic E-state index is 10.7. The van der Waals surface area contributed by atoms with E-state index in [0.29, 0.717) is 0 Å². The molecule has 1 N–H and O–H groups in total. The van der Waals surface area contributed by atoms with Crippen LogP contribution < -0.4 is 40.0 Å². The van der Waals surface area contributed by atoms with Crippen molar-refractivity contribution in [1.29, 1.82) is 0 Å². The van der Waals surface area contributed by atoms with Crippen LogP contribution in [0, 0.1) is 0 Å². The molecule has 6 heteroatoms. The summed E-state index contributed by atoms with van der Waals surface area (Å²) in [6.45, 7) is 1.78. The van der Waals surface area contributed by atoms with Crippen molar-refractivity contribution in [1.82, 2.24) is 15.1 Å². The Balaban J connectivity index is 0.00000112. The first-order chi connectivity index (χ1) is 6.79. The van der Waals surface area contributed by atoms with Crippen LogP contribution in [0.25, 0.3) is 0 Å². The van der Waals surface area contributed by atoms with Crippen molar-refractivity contribution in [2.75, 3.05) is 13.1 Å². The van der Waals surface area contributed by atoms with Crippen molar-refractivity contribution in [3.8, 4) is 0 Å². The third-order valence-corrected chi connectivity index (χ3v) is 2.50. The molecule has 0 bridgehead atoms. The first kappa shape index (κ1) is 12.7. The van der Waals surface area contributed by atoms with Gasteiger partial charge in [0.15, 0.2) is 0 Å². The first-order valence-electron chi connectivity index (χ1n) is 4.74. The largest absolute Gasteiger partial charge is 1.00 e. The van der Waals surface area contributed by atoms with Gasteiger partial charge in [-0.15, -0.1) is 0 Å². The van der Waals surface area contributed by atoms with Gasteiger partial charge in [0.25, 0.3) is 0 Å². The average Bonchev–Trinajstić information content (AvgIpc) is 2.67. The summed E-state index contributed by atoms with van der Waals surface area (Å²) in [5, 5.41) is 18.0. The molecule has 1 atom stereocenters. The number of hydrogen-bond donors (Lipinski definition) is 1. The molecule has 5 nitrogen and oxygen atoms in total. The van der Waals surface area contributed by atoms with Crippen LogP contribution in [0.15, 0.2) is 12.3 Å². The molecule has 1 aromatic heterocycles. The van der Waals surface area contributed by atoms with E-state index >= 15 is 0 Å². The molecule has 0 amide bonds. The van der Waals surface area contributed by atoms with Gasteiger partial charge in [-0.3, -0.25) is 4.68 Å². The number of carbonyl (C=O) groups is 1. The number of aromatic nitrogens is 2. The maximum Gasteiger partial charge on any atom is 1.00 e. The van der Waals surface area contributed by atoms with E-state index in [2.05, 4.69) is 10.4 Å². The number of carboxylic acids is 1. The molecule has 1 unspecified atom stereocenters. The fourth-order valence-corrected chi connectivity index (χ4v) is 1.81. The molecule has 15 heavy (non-hydrogen) atoms. The summed E-state index contributed by atoms with van der Waals surface area (Å²) in [5.74, 6) is -1.16. The van der Waals surface area contributed by atoms with E-state index < -0.39 is 5.97 Å². The molecule has 2 heterocycles. The van der Waals surface area contributed by atoms with Gasteiger partial charge in [-0.05, 0) is 25.5 Å². The number of nitrogens with one attached hydrogen (secondary N) is 1. The van der Waals surface area contributed by atoms with Crippen LogP contribution in [0.1, 0.15) is 29.4 Å². The van der Waals surface area contributed by atoms with E-state index in [0.717, 1.165) is 25.9 Å². The van der Waals surface area contributed by atoms with E-state index in [9.17, 15) is 9.90 Å². The summed E-state index contributed by atoms with van der Waals surface area (Å²) in [7, 11) is 0. The minimum Gasteiger partial charge on any atom is -0.543 e. The Morgan fingerprint density at radius 2 is 2.47 bits per heavy atom. The van der Waals surface area contributed by atoms with Crippen LogP contribution in [0.4, 0.5) is 0 Å². The maximum atomic E-state index is 10.7. The predicted molar refractivity (Wildman–Crippen MR) is 47.7 cm³/mol. The summed E-state index contributed by atoms with van der Waals surface area (Å²) in [6.07, 6.45) is 3.52. The van der Waals surface area contributed by atoms with E-state index in [1.807, 2.05) is 0 Å². The van der Waals surface area contributed by atoms with Crippen molar-refractivity contribution >= 4 is 5.97 Å². The molecule has 76 valence electrons. The van der Waals surface area contributed by atoms with Crippen LogP contribution in [0.2, 0.25) is 0 Å². The van der Waals surface area contributed by atoms with E-state index in [-0.39, 0.29) is 41.3 Å². The molecule has 2 rings (SSSR count). The topological polar surface area (TPSA) is 70.0 Å². The van der Waals surface area contributed by atoms with Gasteiger partial charge in [0.05, 0.1) is 17.7 Å². The van der Waals surface area contributed by atoms with Gasteiger partial charge < -0.3 is 15.2 Å². The molecule has 1 aromatic rings. The van der Waals surface area contributed by atoms with Gasteiger partial charge in [-0.25, -0.2) is 0 Å². The molecule has 0 spiro atoms. The zero-order valence-corrected chi connectivity index (χ0v) is 10.8. The van der Waals surface area contributed by atoms with Gasteiger partial charge in [0.2, 0.25) is 0 Å². The summed E-state index contributed by atoms with van der Waals surface area (Å²) < 4.78 is 1.54. The molecule has 0 radical (unpaired) electrons. The third kappa shape index (κ3) is 2.81. The Bertz CT molecular complexity index is 334. The molecule has 0 saturated carbocycles. The van der Waals surface area contributed by atoms with Crippen LogP contribution in [0.5, 0.6) is 0 Å². The number of aromatic carboxylic acids is 1. The van der Waals surface area contributed by atoms with Crippen LogP contribution in [0.3, 0.4) is 0 Å². The molecule has 1 saturated heterocycles. The fraction of sp³-hybridized carbons (Fsp3) is 0.556. The summed E-state index contributed by atoms with van der Waals surface area (Å²) in [6, 6.07) is 1.62. The first-order valence-corrected chi connectivity index (χ1v) is 4.74. The Hall–Kier alpha value is -0.360. The number of piperidine rings is 1. The van der Waals surface area contributed by atoms with Crippen molar-refractivity contribution in [2.45, 2.75) is 18.9 Å². The Morgan fingerprint density at radius 3 is 3.07 bits per heavy atom. The molecule has 0 aliphatic carbocycles. The van der Waals surface area contributed by atoms with Crippen LogP contribution in [-0.4, -0.2) is 28.8 Å². The second-order valence-electron chi connectivity index (χ2n) is 3.45. The second-order valence-corrected chi connectivity index (χ2v) is 3.45. The van der Waals surface area contributed by atoms with Crippen molar-refractivity contribution < 1.29 is 39.5 Å². The normalized spacial score (nSPS) is 20.7. The van der Waals surface area contributed by atoms with Gasteiger partial charge in [-0.2, -0.15) is 5.10 Å². The smallest absolute Gasteiger partial charge is 0.543 e. The fourth-order valence-electron chi connectivity index (χ4n) is 1.81. The second kappa shape index (κ2) is 5.65. The Morgan fingerprint density at radius 1 is 1.67 bits per heavy atom. The zero-order valence-electron chi connectivity index (χ0n) is 8.77. The molecule has 0 aromatic carbocycles. The van der Waals surface area contributed by atoms with Gasteiger partial charge in [-0.1, -0.05) is 0 Å². The van der Waals surface area contributed by atoms with Crippen molar-refractivity contribution in [3.05, 3.63) is 18.0 Å². The molecule has 1 aliphatic rings. The summed E-state index contributed by atoms with van der Waals surface area (Å²) in [5.41, 5.74) is 0.165. The van der Waals surface area contributed by atoms with Crippen molar-refractivity contribution in [2.24, 2.45) is 0 Å². The van der Waals surface area contributed by atoms with E-state index in [4.69, 9.17) is 0 Å². The molecule has 1 aliphatic heterocycles. The number of carboxylic acid groups (broad SMARTS) is 1. The van der Waals surface area contributed by atoms with Gasteiger partial charge >= 0.3 is 29.6 Å². The predicted octanol–water partition coefficient (Wildman–Crippen LogP) is -3.82. The quantitative estimate of drug-likeness (QED) is 0.515. The number of hydrogen-bond acceptors (Lipinski definition) is 4. The average molecular weight is 217 g/mol. The minimum atomic E-state index is -1.16. The molecular formula is C9H12N3NaO2. The van der Waals surface area contributed by atoms with Gasteiger partial charge in [0, 0.05) is 12.7 Å². The summed E-state index contributed by atoms with van der Waals surface area (Å²) in [4.78, 5) is 10.7. The monoisotopic (exact) mass is 217 g/mol. The minimum absolute atomic E-state index is 0. The number of carbonyl (C=O) groups excluding carboxylic acids is 1. The van der Waals surface area contributed by atoms with Crippen LogP contribution >= 0.6 is 0 Å². The number of nitrogens with zero attached hydrogens (tertiary/aromatic N) is 2. The Labute approximate surface area is 110 Å². The number of rotatable bonds is 2. The Kier molecular flexibility index (Phi) is 4.79. The third-order valence-electron chi connectivity index (χ3n) is 2.50. The van der Waals surface area contributed by atoms with E-state index in [1.54, 1.807) is 4.68 Å². The molecular weight excluding hydrogens is 205 g/mol. The van der Waals surface area contributed by atoms with Crippen molar-refractivity contribution in [3.63, 3.8) is 0 Å². The SMILES string of the molecule is O=C([O-])c1ccnn1C1CCCNC1.[Na+]. The zero-order chi connectivity index (χ0) is 9.97.